The second kappa shape index (κ2) is 4.65. The standard InChI is InChI=1S/C7H5NO4.Li/c9-7(10)5-3-1-2-4-6(5)8(11)12;/h1-4H,(H,9,10);/q;+1/p-1. The molecule has 1 rings (SSSR count). The first-order valence-electron chi connectivity index (χ1n) is 3.07. The van der Waals surface area contributed by atoms with Crippen molar-refractivity contribution >= 4 is 11.7 Å². The van der Waals surface area contributed by atoms with E-state index in [0.717, 1.165) is 12.1 Å². The van der Waals surface area contributed by atoms with E-state index >= 15 is 0 Å². The maximum Gasteiger partial charge on any atom is 1.00 e. The van der Waals surface area contributed by atoms with Crippen LogP contribution in [0.5, 0.6) is 0 Å². The minimum Gasteiger partial charge on any atom is -0.545 e. The average Bonchev–Trinajstić information content (AvgIpc) is 2.04. The summed E-state index contributed by atoms with van der Waals surface area (Å²) in [6, 6.07) is 5.04. The molecule has 0 unspecified atom stereocenters. The normalized spacial score (nSPS) is 8.62. The Bertz CT molecular complexity index is 306. The molecule has 0 radical (unpaired) electrons. The Morgan fingerprint density at radius 1 is 1.31 bits per heavy atom. The second-order valence-electron chi connectivity index (χ2n) is 2.06. The molecule has 0 saturated heterocycles. The van der Waals surface area contributed by atoms with E-state index in [0.29, 0.717) is 0 Å². The van der Waals surface area contributed by atoms with Crippen molar-refractivity contribution in [1.82, 2.24) is 0 Å². The number of para-hydroxylation sites is 1. The van der Waals surface area contributed by atoms with Crippen LogP contribution in [0.1, 0.15) is 10.4 Å². The molecule has 0 atom stereocenters. The number of carboxylic acid groups (broad SMARTS) is 1. The summed E-state index contributed by atoms with van der Waals surface area (Å²) in [5, 5.41) is 20.6. The van der Waals surface area contributed by atoms with E-state index in [1.165, 1.54) is 12.1 Å². The van der Waals surface area contributed by atoms with E-state index in [4.69, 9.17) is 0 Å². The van der Waals surface area contributed by atoms with Crippen LogP contribution in [0.2, 0.25) is 0 Å². The summed E-state index contributed by atoms with van der Waals surface area (Å²) in [6.45, 7) is 0. The summed E-state index contributed by atoms with van der Waals surface area (Å²) >= 11 is 0. The van der Waals surface area contributed by atoms with Crippen molar-refractivity contribution < 1.29 is 33.7 Å². The summed E-state index contributed by atoms with van der Waals surface area (Å²) in [5.41, 5.74) is -0.847. The molecule has 0 spiro atoms. The number of hydrogen-bond donors (Lipinski definition) is 0. The van der Waals surface area contributed by atoms with Gasteiger partial charge in [0.15, 0.2) is 0 Å². The van der Waals surface area contributed by atoms with Crippen molar-refractivity contribution in [2.45, 2.75) is 0 Å². The van der Waals surface area contributed by atoms with Crippen molar-refractivity contribution in [2.24, 2.45) is 0 Å². The van der Waals surface area contributed by atoms with Crippen molar-refractivity contribution in [3.05, 3.63) is 39.9 Å². The largest absolute Gasteiger partial charge is 1.00 e. The molecule has 0 aliphatic heterocycles. The number of benzene rings is 1. The monoisotopic (exact) mass is 173 g/mol. The van der Waals surface area contributed by atoms with Gasteiger partial charge in [0.25, 0.3) is 5.69 Å². The Balaban J connectivity index is 0.00000144. The number of aromatic carboxylic acids is 1. The van der Waals surface area contributed by atoms with Crippen molar-refractivity contribution in [2.75, 3.05) is 0 Å². The third-order valence-corrected chi connectivity index (χ3v) is 1.32. The molecular formula is C7H4LiNO4. The zero-order valence-corrected chi connectivity index (χ0v) is 6.89. The Kier molecular flexibility index (Phi) is 4.18. The van der Waals surface area contributed by atoms with E-state index in [9.17, 15) is 20.0 Å². The molecule has 5 nitrogen and oxygen atoms in total. The molecule has 1 aromatic carbocycles. The van der Waals surface area contributed by atoms with Gasteiger partial charge in [0.2, 0.25) is 0 Å². The molecule has 0 saturated carbocycles. The van der Waals surface area contributed by atoms with Gasteiger partial charge < -0.3 is 9.90 Å². The smallest absolute Gasteiger partial charge is 0.545 e. The first-order valence-corrected chi connectivity index (χ1v) is 3.07. The van der Waals surface area contributed by atoms with Gasteiger partial charge in [0.1, 0.15) is 0 Å². The fourth-order valence-corrected chi connectivity index (χ4v) is 0.805. The first kappa shape index (κ1) is 11.7. The Morgan fingerprint density at radius 3 is 2.23 bits per heavy atom. The zero-order chi connectivity index (χ0) is 9.14. The van der Waals surface area contributed by atoms with Gasteiger partial charge in [-0.25, -0.2) is 0 Å². The third-order valence-electron chi connectivity index (χ3n) is 1.32. The third kappa shape index (κ3) is 2.58. The fraction of sp³-hybridized carbons (Fsp3) is 0. The van der Waals surface area contributed by atoms with Gasteiger partial charge >= 0.3 is 18.9 Å². The molecule has 0 aromatic heterocycles. The van der Waals surface area contributed by atoms with Crippen molar-refractivity contribution in [3.63, 3.8) is 0 Å². The van der Waals surface area contributed by atoms with Gasteiger partial charge in [-0.05, 0) is 6.07 Å². The molecule has 0 aliphatic carbocycles. The van der Waals surface area contributed by atoms with Crippen LogP contribution in [0.25, 0.3) is 0 Å². The summed E-state index contributed by atoms with van der Waals surface area (Å²) in [7, 11) is 0. The minimum atomic E-state index is -1.54. The Labute approximate surface area is 85.7 Å². The molecule has 1 aromatic rings. The molecule has 62 valence electrons. The Hall–Kier alpha value is -1.31. The minimum absolute atomic E-state index is 0. The van der Waals surface area contributed by atoms with Gasteiger partial charge in [-0.2, -0.15) is 0 Å². The van der Waals surface area contributed by atoms with Crippen LogP contribution in [-0.2, 0) is 0 Å². The van der Waals surface area contributed by atoms with E-state index in [2.05, 4.69) is 0 Å². The molecule has 0 fully saturated rings. The van der Waals surface area contributed by atoms with E-state index in [1.54, 1.807) is 0 Å². The first-order chi connectivity index (χ1) is 5.63. The van der Waals surface area contributed by atoms with Crippen LogP contribution in [-0.4, -0.2) is 10.9 Å². The number of nitro groups is 1. The Morgan fingerprint density at radius 2 is 1.85 bits per heavy atom. The maximum absolute atomic E-state index is 10.3. The number of rotatable bonds is 2. The van der Waals surface area contributed by atoms with E-state index in [-0.39, 0.29) is 18.9 Å². The summed E-state index contributed by atoms with van der Waals surface area (Å²) < 4.78 is 0. The quantitative estimate of drug-likeness (QED) is 0.270. The molecular weight excluding hydrogens is 169 g/mol. The second-order valence-corrected chi connectivity index (χ2v) is 2.06. The van der Waals surface area contributed by atoms with Gasteiger partial charge in [-0.1, -0.05) is 12.1 Å². The van der Waals surface area contributed by atoms with Gasteiger partial charge in [0, 0.05) is 6.07 Å². The average molecular weight is 173 g/mol. The summed E-state index contributed by atoms with van der Waals surface area (Å²) in [5.74, 6) is -1.54. The van der Waals surface area contributed by atoms with Gasteiger partial charge in [0.05, 0.1) is 16.5 Å². The topological polar surface area (TPSA) is 83.3 Å². The zero-order valence-electron chi connectivity index (χ0n) is 6.89. The SMILES string of the molecule is O=C([O-])c1ccccc1[N+](=O)[O-].[Li+]. The van der Waals surface area contributed by atoms with Crippen molar-refractivity contribution in [1.29, 1.82) is 0 Å². The molecule has 6 heteroatoms. The maximum atomic E-state index is 10.3. The van der Waals surface area contributed by atoms with Gasteiger partial charge in [-0.3, -0.25) is 10.1 Å². The number of nitro benzene ring substituents is 1. The molecule has 0 aliphatic rings. The molecule has 0 amide bonds. The molecule has 0 N–H and O–H groups in total. The molecule has 0 heterocycles. The number of carbonyl (C=O) groups is 1. The number of hydrogen-bond acceptors (Lipinski definition) is 4. The van der Waals surface area contributed by atoms with E-state index < -0.39 is 22.1 Å². The molecule has 0 bridgehead atoms. The number of carboxylic acids is 1. The summed E-state index contributed by atoms with van der Waals surface area (Å²) in [4.78, 5) is 19.8. The van der Waals surface area contributed by atoms with Crippen LogP contribution < -0.4 is 24.0 Å². The number of carbonyl (C=O) groups excluding carboxylic acids is 1. The van der Waals surface area contributed by atoms with Gasteiger partial charge in [-0.15, -0.1) is 0 Å². The van der Waals surface area contributed by atoms with Crippen molar-refractivity contribution in [3.8, 4) is 0 Å². The number of nitrogens with zero attached hydrogens (tertiary/aromatic N) is 1. The van der Waals surface area contributed by atoms with Crippen LogP contribution in [0, 0.1) is 10.1 Å². The summed E-state index contributed by atoms with van der Waals surface area (Å²) in [6.07, 6.45) is 0. The van der Waals surface area contributed by atoms with Crippen LogP contribution >= 0.6 is 0 Å². The predicted molar refractivity (Wildman–Crippen MR) is 37.4 cm³/mol. The van der Waals surface area contributed by atoms with Crippen LogP contribution in [0.4, 0.5) is 5.69 Å². The van der Waals surface area contributed by atoms with Crippen LogP contribution in [0.15, 0.2) is 24.3 Å². The predicted octanol–water partition coefficient (Wildman–Crippen LogP) is -3.04. The molecule has 13 heavy (non-hydrogen) atoms. The fourth-order valence-electron chi connectivity index (χ4n) is 0.805. The van der Waals surface area contributed by atoms with E-state index in [1.807, 2.05) is 0 Å². The van der Waals surface area contributed by atoms with Crippen LogP contribution in [0.3, 0.4) is 0 Å².